The first-order valence-electron chi connectivity index (χ1n) is 9.86. The molecule has 0 unspecified atom stereocenters. The van der Waals surface area contributed by atoms with Gasteiger partial charge in [-0.25, -0.2) is 13.6 Å². The van der Waals surface area contributed by atoms with Crippen LogP contribution in [0, 0.1) is 18.6 Å². The summed E-state index contributed by atoms with van der Waals surface area (Å²) in [4.78, 5) is 31.1. The molecular formula is C23H18F2N4O2. The largest absolute Gasteiger partial charge is 0.340 e. The summed E-state index contributed by atoms with van der Waals surface area (Å²) in [7, 11) is 0. The van der Waals surface area contributed by atoms with Crippen molar-refractivity contribution in [2.75, 3.05) is 16.8 Å². The fourth-order valence-corrected chi connectivity index (χ4v) is 4.29. The minimum Gasteiger partial charge on any atom is -0.340 e. The topological polar surface area (TPSA) is 74.3 Å². The van der Waals surface area contributed by atoms with Crippen LogP contribution in [-0.2, 0) is 6.42 Å². The van der Waals surface area contributed by atoms with E-state index in [1.807, 2.05) is 31.2 Å². The van der Waals surface area contributed by atoms with E-state index in [0.717, 1.165) is 23.3 Å². The maximum Gasteiger partial charge on any atom is 0.326 e. The molecule has 0 fully saturated rings. The standard InChI is InChI=1S/C23H18F2N4O2/c1-12-4-2-3-5-14(12)20-19-17(6-8-26-21(19)22(30)28-20)27-23(31)29-9-7-15-16(25)10-13(24)11-18(15)29/h2-6,8,10-11,20H,7,9H2,1H3,(H,28,30)(H,26,27,31)/t20-/m0/s1. The summed E-state index contributed by atoms with van der Waals surface area (Å²) >= 11 is 0. The molecule has 8 heteroatoms. The Kier molecular flexibility index (Phi) is 4.43. The quantitative estimate of drug-likeness (QED) is 0.656. The number of carbonyl (C=O) groups excluding carboxylic acids is 2. The van der Waals surface area contributed by atoms with Crippen molar-refractivity contribution >= 4 is 23.3 Å². The minimum absolute atomic E-state index is 0.213. The average Bonchev–Trinajstić information content (AvgIpc) is 3.31. The fourth-order valence-electron chi connectivity index (χ4n) is 4.29. The number of urea groups is 1. The zero-order valence-electron chi connectivity index (χ0n) is 16.6. The van der Waals surface area contributed by atoms with Crippen LogP contribution >= 0.6 is 0 Å². The molecule has 1 atom stereocenters. The number of pyridine rings is 1. The van der Waals surface area contributed by atoms with Gasteiger partial charge in [0.25, 0.3) is 5.91 Å². The minimum atomic E-state index is -0.741. The second-order valence-electron chi connectivity index (χ2n) is 7.60. The summed E-state index contributed by atoms with van der Waals surface area (Å²) in [5.41, 5.74) is 3.64. The van der Waals surface area contributed by atoms with Crippen molar-refractivity contribution in [1.82, 2.24) is 10.3 Å². The van der Waals surface area contributed by atoms with E-state index in [1.54, 1.807) is 6.07 Å². The van der Waals surface area contributed by atoms with E-state index in [2.05, 4.69) is 15.6 Å². The molecular weight excluding hydrogens is 402 g/mol. The third-order valence-electron chi connectivity index (χ3n) is 5.77. The summed E-state index contributed by atoms with van der Waals surface area (Å²) < 4.78 is 27.8. The molecule has 3 heterocycles. The van der Waals surface area contributed by atoms with Gasteiger partial charge in [0.15, 0.2) is 0 Å². The van der Waals surface area contributed by atoms with Crippen molar-refractivity contribution in [3.8, 4) is 0 Å². The molecule has 31 heavy (non-hydrogen) atoms. The van der Waals surface area contributed by atoms with E-state index >= 15 is 0 Å². The Bertz CT molecular complexity index is 1240. The van der Waals surface area contributed by atoms with Gasteiger partial charge in [-0.1, -0.05) is 24.3 Å². The Balaban J connectivity index is 1.51. The number of aryl methyl sites for hydroxylation is 1. The Morgan fingerprint density at radius 1 is 1.23 bits per heavy atom. The van der Waals surface area contributed by atoms with Crippen LogP contribution in [0.3, 0.4) is 0 Å². The summed E-state index contributed by atoms with van der Waals surface area (Å²) in [6.07, 6.45) is 1.75. The highest BCUT2D eigenvalue weighted by Gasteiger charge is 2.35. The summed E-state index contributed by atoms with van der Waals surface area (Å²) in [5.74, 6) is -1.73. The van der Waals surface area contributed by atoms with Crippen molar-refractivity contribution in [1.29, 1.82) is 0 Å². The molecule has 2 aliphatic rings. The predicted molar refractivity (Wildman–Crippen MR) is 111 cm³/mol. The fraction of sp³-hybridized carbons (Fsp3) is 0.174. The monoisotopic (exact) mass is 420 g/mol. The predicted octanol–water partition coefficient (Wildman–Crippen LogP) is 4.10. The number of carbonyl (C=O) groups is 2. The van der Waals surface area contributed by atoms with E-state index in [0.29, 0.717) is 23.2 Å². The third-order valence-corrected chi connectivity index (χ3v) is 5.77. The first-order valence-corrected chi connectivity index (χ1v) is 9.86. The summed E-state index contributed by atoms with van der Waals surface area (Å²) in [6, 6.07) is 10.2. The number of amides is 3. The Hall–Kier alpha value is -3.81. The van der Waals surface area contributed by atoms with Crippen molar-refractivity contribution in [3.63, 3.8) is 0 Å². The number of nitrogens with zero attached hydrogens (tertiary/aromatic N) is 2. The number of benzene rings is 2. The van der Waals surface area contributed by atoms with E-state index in [-0.39, 0.29) is 23.8 Å². The Morgan fingerprint density at radius 2 is 2.03 bits per heavy atom. The van der Waals surface area contributed by atoms with Crippen molar-refractivity contribution < 1.29 is 18.4 Å². The Morgan fingerprint density at radius 3 is 2.84 bits per heavy atom. The molecule has 1 aromatic heterocycles. The molecule has 156 valence electrons. The third kappa shape index (κ3) is 3.11. The van der Waals surface area contributed by atoms with Crippen LogP contribution in [0.25, 0.3) is 0 Å². The highest BCUT2D eigenvalue weighted by atomic mass is 19.1. The molecule has 6 nitrogen and oxygen atoms in total. The van der Waals surface area contributed by atoms with Crippen LogP contribution in [-0.4, -0.2) is 23.5 Å². The molecule has 0 saturated heterocycles. The van der Waals surface area contributed by atoms with Crippen LogP contribution in [0.1, 0.15) is 38.8 Å². The van der Waals surface area contributed by atoms with Gasteiger partial charge in [-0.05, 0) is 36.6 Å². The molecule has 2 aromatic carbocycles. The van der Waals surface area contributed by atoms with Crippen LogP contribution in [0.5, 0.6) is 0 Å². The lowest BCUT2D eigenvalue weighted by molar-refractivity contribution is 0.0956. The van der Waals surface area contributed by atoms with Gasteiger partial charge in [-0.3, -0.25) is 14.7 Å². The number of nitrogens with one attached hydrogen (secondary N) is 2. The van der Waals surface area contributed by atoms with Gasteiger partial charge >= 0.3 is 6.03 Å². The lowest BCUT2D eigenvalue weighted by atomic mass is 9.95. The number of rotatable bonds is 2. The van der Waals surface area contributed by atoms with Crippen LogP contribution < -0.4 is 15.5 Å². The molecule has 0 saturated carbocycles. The van der Waals surface area contributed by atoms with E-state index in [4.69, 9.17) is 0 Å². The highest BCUT2D eigenvalue weighted by Crippen LogP contribution is 2.37. The van der Waals surface area contributed by atoms with Crippen molar-refractivity contribution in [2.24, 2.45) is 0 Å². The maximum absolute atomic E-state index is 14.1. The molecule has 2 N–H and O–H groups in total. The molecule has 2 aliphatic heterocycles. The number of halogens is 2. The zero-order valence-corrected chi connectivity index (χ0v) is 16.6. The number of aromatic nitrogens is 1. The van der Waals surface area contributed by atoms with Crippen LogP contribution in [0.2, 0.25) is 0 Å². The van der Waals surface area contributed by atoms with Gasteiger partial charge in [-0.15, -0.1) is 0 Å². The van der Waals surface area contributed by atoms with E-state index in [9.17, 15) is 18.4 Å². The van der Waals surface area contributed by atoms with E-state index in [1.165, 1.54) is 11.1 Å². The number of hydrogen-bond donors (Lipinski definition) is 2. The molecule has 0 bridgehead atoms. The maximum atomic E-state index is 14.1. The lowest BCUT2D eigenvalue weighted by Gasteiger charge is -2.21. The van der Waals surface area contributed by atoms with Gasteiger partial charge in [0.1, 0.15) is 17.3 Å². The molecule has 5 rings (SSSR count). The normalized spacial score (nSPS) is 16.7. The van der Waals surface area contributed by atoms with Crippen molar-refractivity contribution in [2.45, 2.75) is 19.4 Å². The lowest BCUT2D eigenvalue weighted by Crippen LogP contribution is -2.34. The first-order chi connectivity index (χ1) is 14.9. The highest BCUT2D eigenvalue weighted by molar-refractivity contribution is 6.06. The van der Waals surface area contributed by atoms with Crippen LogP contribution in [0.4, 0.5) is 25.0 Å². The van der Waals surface area contributed by atoms with Gasteiger partial charge in [0.2, 0.25) is 0 Å². The second-order valence-corrected chi connectivity index (χ2v) is 7.60. The van der Waals surface area contributed by atoms with Gasteiger partial charge in [0, 0.05) is 29.9 Å². The summed E-state index contributed by atoms with van der Waals surface area (Å²) in [6.45, 7) is 2.17. The SMILES string of the molecule is Cc1ccccc1[C@@H]1NC(=O)c2nccc(NC(=O)N3CCc4c(F)cc(F)cc43)c21. The van der Waals surface area contributed by atoms with Gasteiger partial charge < -0.3 is 10.6 Å². The summed E-state index contributed by atoms with van der Waals surface area (Å²) in [5, 5.41) is 5.74. The van der Waals surface area contributed by atoms with Crippen LogP contribution in [0.15, 0.2) is 48.7 Å². The Labute approximate surface area is 176 Å². The zero-order chi connectivity index (χ0) is 21.7. The molecule has 3 amide bonds. The first kappa shape index (κ1) is 19.2. The van der Waals surface area contributed by atoms with Gasteiger partial charge in [0.05, 0.1) is 17.4 Å². The van der Waals surface area contributed by atoms with Crippen molar-refractivity contribution in [3.05, 3.63) is 88.2 Å². The molecule has 0 spiro atoms. The number of anilines is 2. The second kappa shape index (κ2) is 7.16. The molecule has 3 aromatic rings. The molecule has 0 aliphatic carbocycles. The molecule has 0 radical (unpaired) electrons. The van der Waals surface area contributed by atoms with E-state index < -0.39 is 23.7 Å². The number of hydrogen-bond acceptors (Lipinski definition) is 3. The number of fused-ring (bicyclic) bond motifs is 2. The smallest absolute Gasteiger partial charge is 0.326 e. The van der Waals surface area contributed by atoms with Gasteiger partial charge in [-0.2, -0.15) is 0 Å². The average molecular weight is 420 g/mol.